The first-order chi connectivity index (χ1) is 8.33. The maximum atomic E-state index is 5.88. The molecule has 3 heteroatoms. The zero-order valence-electron chi connectivity index (χ0n) is 9.78. The Balaban J connectivity index is 2.10. The molecule has 0 saturated heterocycles. The molecule has 2 aromatic rings. The highest BCUT2D eigenvalue weighted by Crippen LogP contribution is 2.32. The summed E-state index contributed by atoms with van der Waals surface area (Å²) in [7, 11) is 0. The molecule has 2 rings (SSSR count). The quantitative estimate of drug-likeness (QED) is 0.673. The summed E-state index contributed by atoms with van der Waals surface area (Å²) in [6, 6.07) is 10.1. The molecule has 0 amide bonds. The first kappa shape index (κ1) is 12.5. The van der Waals surface area contributed by atoms with Crippen molar-refractivity contribution in [1.29, 1.82) is 0 Å². The number of hydrogen-bond donors (Lipinski definition) is 0. The predicted octanol–water partition coefficient (Wildman–Crippen LogP) is 5.23. The van der Waals surface area contributed by atoms with E-state index < -0.39 is 0 Å². The van der Waals surface area contributed by atoms with Gasteiger partial charge in [-0.15, -0.1) is 22.9 Å². The maximum absolute atomic E-state index is 5.88. The number of hydrogen-bond acceptors (Lipinski definition) is 2. The third-order valence-corrected chi connectivity index (χ3v) is 3.65. The highest BCUT2D eigenvalue weighted by molar-refractivity contribution is 7.12. The molecule has 0 aliphatic carbocycles. The van der Waals surface area contributed by atoms with Crippen LogP contribution in [0.2, 0.25) is 0 Å². The van der Waals surface area contributed by atoms with Gasteiger partial charge >= 0.3 is 0 Å². The van der Waals surface area contributed by atoms with Crippen molar-refractivity contribution < 1.29 is 4.74 Å². The van der Waals surface area contributed by atoms with Gasteiger partial charge in [0.15, 0.2) is 5.06 Å². The number of alkyl halides is 1. The number of halogens is 1. The van der Waals surface area contributed by atoms with Crippen LogP contribution in [0.3, 0.4) is 0 Å². The monoisotopic (exact) mass is 266 g/mol. The fourth-order valence-electron chi connectivity index (χ4n) is 1.62. The molecule has 0 aliphatic rings. The third-order valence-electron chi connectivity index (χ3n) is 2.51. The molecule has 1 heterocycles. The summed E-state index contributed by atoms with van der Waals surface area (Å²) in [5.74, 6) is 1.42. The van der Waals surface area contributed by atoms with Crippen molar-refractivity contribution in [3.63, 3.8) is 0 Å². The lowest BCUT2D eigenvalue weighted by molar-refractivity contribution is 0.490. The second-order valence-corrected chi connectivity index (χ2v) is 5.01. The van der Waals surface area contributed by atoms with Crippen molar-refractivity contribution in [2.75, 3.05) is 0 Å². The van der Waals surface area contributed by atoms with E-state index in [1.807, 2.05) is 24.3 Å². The number of aryl methyl sites for hydroxylation is 1. The number of thiophene rings is 1. The summed E-state index contributed by atoms with van der Waals surface area (Å²) in [6.07, 6.45) is 2.21. The third kappa shape index (κ3) is 3.24. The van der Waals surface area contributed by atoms with Gasteiger partial charge in [0.2, 0.25) is 0 Å². The van der Waals surface area contributed by atoms with Crippen molar-refractivity contribution in [3.05, 3.63) is 46.8 Å². The summed E-state index contributed by atoms with van der Waals surface area (Å²) in [5, 5.41) is 3.08. The fraction of sp³-hybridized carbons (Fsp3) is 0.286. The molecule has 0 spiro atoms. The van der Waals surface area contributed by atoms with Crippen LogP contribution in [0.5, 0.6) is 10.8 Å². The lowest BCUT2D eigenvalue weighted by Gasteiger charge is -2.06. The molecule has 90 valence electrons. The van der Waals surface area contributed by atoms with Gasteiger partial charge in [0.25, 0.3) is 0 Å². The normalized spacial score (nSPS) is 10.5. The molecule has 0 atom stereocenters. The molecule has 17 heavy (non-hydrogen) atoms. The molecule has 1 nitrogen and oxygen atoms in total. The lowest BCUT2D eigenvalue weighted by Crippen LogP contribution is -1.87. The van der Waals surface area contributed by atoms with Crippen molar-refractivity contribution >= 4 is 22.9 Å². The van der Waals surface area contributed by atoms with Gasteiger partial charge in [0, 0.05) is 11.4 Å². The van der Waals surface area contributed by atoms with Gasteiger partial charge in [-0.1, -0.05) is 25.5 Å². The average Bonchev–Trinajstić information content (AvgIpc) is 2.78. The molecule has 1 aromatic carbocycles. The van der Waals surface area contributed by atoms with Crippen molar-refractivity contribution in [2.45, 2.75) is 25.6 Å². The lowest BCUT2D eigenvalue weighted by atomic mass is 10.2. The van der Waals surface area contributed by atoms with Gasteiger partial charge in [-0.3, -0.25) is 0 Å². The number of rotatable bonds is 5. The minimum Gasteiger partial charge on any atom is -0.446 e. The van der Waals surface area contributed by atoms with Crippen LogP contribution in [0.15, 0.2) is 35.7 Å². The molecule has 0 radical (unpaired) electrons. The fourth-order valence-corrected chi connectivity index (χ4v) is 2.62. The Morgan fingerprint density at radius 2 is 1.94 bits per heavy atom. The van der Waals surface area contributed by atoms with Gasteiger partial charge < -0.3 is 4.74 Å². The van der Waals surface area contributed by atoms with E-state index >= 15 is 0 Å². The van der Waals surface area contributed by atoms with Crippen LogP contribution in [-0.2, 0) is 12.3 Å². The minimum atomic E-state index is 0.542. The number of ether oxygens (including phenoxy) is 1. The van der Waals surface area contributed by atoms with Crippen LogP contribution in [0.25, 0.3) is 0 Å². The maximum Gasteiger partial charge on any atom is 0.184 e. The standard InChI is InChI=1S/C14H15ClOS/c1-2-3-12-8-9-17-14(12)16-13-6-4-11(10-15)5-7-13/h4-9H,2-3,10H2,1H3. The van der Waals surface area contributed by atoms with E-state index in [-0.39, 0.29) is 0 Å². The smallest absolute Gasteiger partial charge is 0.184 e. The summed E-state index contributed by atoms with van der Waals surface area (Å²) in [6.45, 7) is 2.18. The molecule has 0 aliphatic heterocycles. The van der Waals surface area contributed by atoms with Gasteiger partial charge in [-0.2, -0.15) is 0 Å². The number of benzene rings is 1. The van der Waals surface area contributed by atoms with Gasteiger partial charge in [-0.05, 0) is 35.6 Å². The topological polar surface area (TPSA) is 9.23 Å². The molecule has 1 aromatic heterocycles. The zero-order valence-corrected chi connectivity index (χ0v) is 11.4. The SMILES string of the molecule is CCCc1ccsc1Oc1ccc(CCl)cc1. The van der Waals surface area contributed by atoms with Gasteiger partial charge in [0.05, 0.1) is 0 Å². The molecule has 0 fully saturated rings. The van der Waals surface area contributed by atoms with Crippen molar-refractivity contribution in [1.82, 2.24) is 0 Å². The van der Waals surface area contributed by atoms with Crippen molar-refractivity contribution in [2.24, 2.45) is 0 Å². The second kappa shape index (κ2) is 6.08. The molecular weight excluding hydrogens is 252 g/mol. The van der Waals surface area contributed by atoms with E-state index in [2.05, 4.69) is 18.4 Å². The van der Waals surface area contributed by atoms with Gasteiger partial charge in [-0.25, -0.2) is 0 Å². The Bertz CT molecular complexity index is 461. The van der Waals surface area contributed by atoms with Crippen molar-refractivity contribution in [3.8, 4) is 10.8 Å². The van der Waals surface area contributed by atoms with E-state index in [4.69, 9.17) is 16.3 Å². The van der Waals surface area contributed by atoms with Gasteiger partial charge in [0.1, 0.15) is 5.75 Å². The first-order valence-corrected chi connectivity index (χ1v) is 7.14. The summed E-state index contributed by atoms with van der Waals surface area (Å²) in [4.78, 5) is 0. The van der Waals surface area contributed by atoms with E-state index in [9.17, 15) is 0 Å². The van der Waals surface area contributed by atoms with Crippen LogP contribution in [0.4, 0.5) is 0 Å². The zero-order chi connectivity index (χ0) is 12.1. The molecule has 0 N–H and O–H groups in total. The largest absolute Gasteiger partial charge is 0.446 e. The average molecular weight is 267 g/mol. The second-order valence-electron chi connectivity index (χ2n) is 3.86. The van der Waals surface area contributed by atoms with E-state index in [1.165, 1.54) is 5.56 Å². The Labute approximate surface area is 111 Å². The Kier molecular flexibility index (Phi) is 4.46. The molecule has 0 bridgehead atoms. The highest BCUT2D eigenvalue weighted by Gasteiger charge is 2.05. The Hall–Kier alpha value is -0.990. The Morgan fingerprint density at radius 1 is 1.18 bits per heavy atom. The molecule has 0 saturated carbocycles. The highest BCUT2D eigenvalue weighted by atomic mass is 35.5. The predicted molar refractivity (Wildman–Crippen MR) is 74.4 cm³/mol. The van der Waals surface area contributed by atoms with Crippen LogP contribution in [0, 0.1) is 0 Å². The summed E-state index contributed by atoms with van der Waals surface area (Å²) in [5.41, 5.74) is 2.40. The van der Waals surface area contributed by atoms with E-state index in [1.54, 1.807) is 11.3 Å². The van der Waals surface area contributed by atoms with Crippen LogP contribution in [-0.4, -0.2) is 0 Å². The summed E-state index contributed by atoms with van der Waals surface area (Å²) < 4.78 is 5.88. The van der Waals surface area contributed by atoms with E-state index in [0.717, 1.165) is 29.2 Å². The first-order valence-electron chi connectivity index (χ1n) is 5.72. The van der Waals surface area contributed by atoms with Crippen LogP contribution in [0.1, 0.15) is 24.5 Å². The molecule has 0 unspecified atom stereocenters. The van der Waals surface area contributed by atoms with E-state index in [0.29, 0.717) is 5.88 Å². The van der Waals surface area contributed by atoms with Crippen LogP contribution >= 0.6 is 22.9 Å². The van der Waals surface area contributed by atoms with Crippen LogP contribution < -0.4 is 4.74 Å². The minimum absolute atomic E-state index is 0.542. The molecular formula is C14H15ClOS. The summed E-state index contributed by atoms with van der Waals surface area (Å²) >= 11 is 7.40. The Morgan fingerprint density at radius 3 is 2.59 bits per heavy atom.